The molecule has 4 rings (SSSR count). The predicted octanol–water partition coefficient (Wildman–Crippen LogP) is 2.53. The molecule has 1 saturated carbocycles. The molecule has 0 aromatic carbocycles. The molecular weight excluding hydrogens is 294 g/mol. The molecule has 22 heavy (non-hydrogen) atoms. The Labute approximate surface area is 137 Å². The lowest BCUT2D eigenvalue weighted by Crippen LogP contribution is -2.51. The van der Waals surface area contributed by atoms with Gasteiger partial charge in [-0.3, -0.25) is 9.80 Å². The largest absolute Gasteiger partial charge is 0.375 e. The molecule has 3 aliphatic rings. The maximum Gasteiger partial charge on any atom is 0.0897 e. The van der Waals surface area contributed by atoms with E-state index in [1.165, 1.54) is 49.5 Å². The number of nitrogens with zero attached hydrogens (tertiary/aromatic N) is 3. The fourth-order valence-electron chi connectivity index (χ4n) is 3.94. The highest BCUT2D eigenvalue weighted by Crippen LogP contribution is 2.33. The minimum atomic E-state index is 0.453. The summed E-state index contributed by atoms with van der Waals surface area (Å²) in [5.41, 5.74) is 1.24. The van der Waals surface area contributed by atoms with Crippen LogP contribution in [0, 0.1) is 12.8 Å². The van der Waals surface area contributed by atoms with Crippen molar-refractivity contribution in [3.05, 3.63) is 16.1 Å². The van der Waals surface area contributed by atoms with E-state index in [0.717, 1.165) is 32.2 Å². The van der Waals surface area contributed by atoms with Crippen molar-refractivity contribution in [2.24, 2.45) is 5.92 Å². The summed E-state index contributed by atoms with van der Waals surface area (Å²) in [6.45, 7) is 8.82. The standard InChI is InChI=1S/C17H27N3OS/c1-13-18-15(12-22-13)11-19-6-4-16-17(5-7-19)21-9-8-20(16)10-14-2-3-14/h12,14,16-17H,2-11H2,1H3/t16-,17+/m1/s1. The van der Waals surface area contributed by atoms with Gasteiger partial charge in [0.2, 0.25) is 0 Å². The Bertz CT molecular complexity index is 502. The highest BCUT2D eigenvalue weighted by molar-refractivity contribution is 7.09. The molecule has 122 valence electrons. The molecule has 3 fully saturated rings. The summed E-state index contributed by atoms with van der Waals surface area (Å²) in [6.07, 6.45) is 5.78. The molecule has 0 radical (unpaired) electrons. The lowest BCUT2D eigenvalue weighted by Gasteiger charge is -2.40. The van der Waals surface area contributed by atoms with Gasteiger partial charge in [0.05, 0.1) is 23.4 Å². The Morgan fingerprint density at radius 1 is 1.23 bits per heavy atom. The number of ether oxygens (including phenoxy) is 1. The molecule has 3 heterocycles. The predicted molar refractivity (Wildman–Crippen MR) is 89.2 cm³/mol. The molecular formula is C17H27N3OS. The van der Waals surface area contributed by atoms with Crippen molar-refractivity contribution in [3.63, 3.8) is 0 Å². The van der Waals surface area contributed by atoms with Crippen molar-refractivity contribution < 1.29 is 4.74 Å². The van der Waals surface area contributed by atoms with Crippen LogP contribution in [0.4, 0.5) is 0 Å². The van der Waals surface area contributed by atoms with E-state index < -0.39 is 0 Å². The minimum Gasteiger partial charge on any atom is -0.375 e. The van der Waals surface area contributed by atoms with E-state index in [1.54, 1.807) is 11.3 Å². The summed E-state index contributed by atoms with van der Waals surface area (Å²) < 4.78 is 6.11. The van der Waals surface area contributed by atoms with Crippen LogP contribution in [0.25, 0.3) is 0 Å². The van der Waals surface area contributed by atoms with Crippen LogP contribution in [-0.2, 0) is 11.3 Å². The van der Waals surface area contributed by atoms with Crippen LogP contribution >= 0.6 is 11.3 Å². The van der Waals surface area contributed by atoms with Crippen LogP contribution in [0.3, 0.4) is 0 Å². The second kappa shape index (κ2) is 6.56. The van der Waals surface area contributed by atoms with E-state index in [4.69, 9.17) is 4.74 Å². The maximum atomic E-state index is 6.11. The Morgan fingerprint density at radius 3 is 2.86 bits per heavy atom. The van der Waals surface area contributed by atoms with Crippen LogP contribution in [0.5, 0.6) is 0 Å². The summed E-state index contributed by atoms with van der Waals surface area (Å²) in [5, 5.41) is 3.39. The fraction of sp³-hybridized carbons (Fsp3) is 0.824. The van der Waals surface area contributed by atoms with E-state index >= 15 is 0 Å². The second-order valence-electron chi connectivity index (χ2n) is 7.13. The zero-order valence-corrected chi connectivity index (χ0v) is 14.4. The first-order valence-electron chi connectivity index (χ1n) is 8.77. The number of aryl methyl sites for hydroxylation is 1. The molecule has 0 spiro atoms. The van der Waals surface area contributed by atoms with Gasteiger partial charge in [0.1, 0.15) is 0 Å². The van der Waals surface area contributed by atoms with Crippen LogP contribution in [0.15, 0.2) is 5.38 Å². The summed E-state index contributed by atoms with van der Waals surface area (Å²) >= 11 is 1.76. The third-order valence-corrected chi connectivity index (χ3v) is 6.14. The van der Waals surface area contributed by atoms with Gasteiger partial charge in [-0.2, -0.15) is 0 Å². The lowest BCUT2D eigenvalue weighted by molar-refractivity contribution is -0.0727. The smallest absolute Gasteiger partial charge is 0.0897 e. The highest BCUT2D eigenvalue weighted by Gasteiger charge is 2.37. The molecule has 2 aliphatic heterocycles. The Morgan fingerprint density at radius 2 is 2.09 bits per heavy atom. The average molecular weight is 321 g/mol. The van der Waals surface area contributed by atoms with E-state index in [-0.39, 0.29) is 0 Å². The van der Waals surface area contributed by atoms with Crippen molar-refractivity contribution in [2.45, 2.75) is 51.3 Å². The van der Waals surface area contributed by atoms with Crippen molar-refractivity contribution in [1.82, 2.24) is 14.8 Å². The fourth-order valence-corrected chi connectivity index (χ4v) is 4.54. The number of rotatable bonds is 4. The maximum absolute atomic E-state index is 6.11. The van der Waals surface area contributed by atoms with Crippen LogP contribution in [-0.4, -0.2) is 59.7 Å². The first kappa shape index (κ1) is 15.1. The summed E-state index contributed by atoms with van der Waals surface area (Å²) in [7, 11) is 0. The molecule has 5 heteroatoms. The molecule has 1 aliphatic carbocycles. The quantitative estimate of drug-likeness (QED) is 0.852. The Kier molecular flexibility index (Phi) is 4.49. The van der Waals surface area contributed by atoms with Gasteiger partial charge in [-0.15, -0.1) is 11.3 Å². The van der Waals surface area contributed by atoms with Crippen LogP contribution in [0.2, 0.25) is 0 Å². The third-order valence-electron chi connectivity index (χ3n) is 5.32. The number of likely N-dealkylation sites (tertiary alicyclic amines) is 1. The topological polar surface area (TPSA) is 28.6 Å². The van der Waals surface area contributed by atoms with Crippen molar-refractivity contribution in [1.29, 1.82) is 0 Å². The van der Waals surface area contributed by atoms with Crippen LogP contribution in [0.1, 0.15) is 36.4 Å². The first-order chi connectivity index (χ1) is 10.8. The summed E-state index contributed by atoms with van der Waals surface area (Å²) in [5.74, 6) is 0.982. The van der Waals surface area contributed by atoms with Gasteiger partial charge in [-0.1, -0.05) is 0 Å². The van der Waals surface area contributed by atoms with Gasteiger partial charge < -0.3 is 4.74 Å². The number of thiazole rings is 1. The van der Waals surface area contributed by atoms with E-state index in [0.29, 0.717) is 12.1 Å². The Balaban J connectivity index is 1.37. The van der Waals surface area contributed by atoms with Gasteiger partial charge in [-0.25, -0.2) is 4.98 Å². The number of fused-ring (bicyclic) bond motifs is 1. The van der Waals surface area contributed by atoms with E-state index in [1.807, 2.05) is 0 Å². The third kappa shape index (κ3) is 3.53. The van der Waals surface area contributed by atoms with Gasteiger partial charge >= 0.3 is 0 Å². The minimum absolute atomic E-state index is 0.453. The van der Waals surface area contributed by atoms with Gasteiger partial charge in [0, 0.05) is 44.1 Å². The molecule has 0 N–H and O–H groups in total. The second-order valence-corrected chi connectivity index (χ2v) is 8.19. The SMILES string of the molecule is Cc1nc(CN2CC[C@@H]3OCCN(CC4CC4)[C@@H]3CC2)cs1. The van der Waals surface area contributed by atoms with Gasteiger partial charge in [0.15, 0.2) is 0 Å². The number of hydrogen-bond donors (Lipinski definition) is 0. The molecule has 2 atom stereocenters. The van der Waals surface area contributed by atoms with Crippen LogP contribution < -0.4 is 0 Å². The lowest BCUT2D eigenvalue weighted by atomic mass is 10.0. The first-order valence-corrected chi connectivity index (χ1v) is 9.65. The van der Waals surface area contributed by atoms with Gasteiger partial charge in [0.25, 0.3) is 0 Å². The molecule has 2 saturated heterocycles. The molecule has 0 bridgehead atoms. The molecule has 0 unspecified atom stereocenters. The van der Waals surface area contributed by atoms with E-state index in [9.17, 15) is 0 Å². The number of aromatic nitrogens is 1. The molecule has 0 amide bonds. The monoisotopic (exact) mass is 321 g/mol. The normalized spacial score (nSPS) is 31.0. The highest BCUT2D eigenvalue weighted by atomic mass is 32.1. The summed E-state index contributed by atoms with van der Waals surface area (Å²) in [4.78, 5) is 9.94. The number of hydrogen-bond acceptors (Lipinski definition) is 5. The van der Waals surface area contributed by atoms with Crippen molar-refractivity contribution >= 4 is 11.3 Å². The molecule has 4 nitrogen and oxygen atoms in total. The van der Waals surface area contributed by atoms with E-state index in [2.05, 4.69) is 27.1 Å². The number of morpholine rings is 1. The molecule has 1 aromatic heterocycles. The Hall–Kier alpha value is -0.490. The zero-order valence-electron chi connectivity index (χ0n) is 13.5. The summed E-state index contributed by atoms with van der Waals surface area (Å²) in [6, 6.07) is 0.650. The average Bonchev–Trinajstić information content (AvgIpc) is 3.26. The van der Waals surface area contributed by atoms with Crippen molar-refractivity contribution in [2.75, 3.05) is 32.8 Å². The van der Waals surface area contributed by atoms with Crippen molar-refractivity contribution in [3.8, 4) is 0 Å². The zero-order chi connectivity index (χ0) is 14.9. The van der Waals surface area contributed by atoms with Gasteiger partial charge in [-0.05, 0) is 38.5 Å². The molecule has 1 aromatic rings.